The third-order valence-electron chi connectivity index (χ3n) is 7.09. The molecule has 0 radical (unpaired) electrons. The summed E-state index contributed by atoms with van der Waals surface area (Å²) in [6.45, 7) is 2.22. The average molecular weight is 532 g/mol. The van der Waals surface area contributed by atoms with Gasteiger partial charge in [-0.25, -0.2) is 9.97 Å². The first kappa shape index (κ1) is 26.1. The molecule has 1 aromatic heterocycles. The molecule has 0 spiro atoms. The summed E-state index contributed by atoms with van der Waals surface area (Å²) in [6, 6.07) is 17.9. The number of amides is 2. The van der Waals surface area contributed by atoms with Crippen molar-refractivity contribution in [1.82, 2.24) is 24.2 Å². The van der Waals surface area contributed by atoms with E-state index in [1.54, 1.807) is 40.1 Å². The summed E-state index contributed by atoms with van der Waals surface area (Å²) in [6.07, 6.45) is 8.71. The van der Waals surface area contributed by atoms with Crippen LogP contribution in [0.2, 0.25) is 0 Å². The molecule has 3 N–H and O–H groups in total. The summed E-state index contributed by atoms with van der Waals surface area (Å²) in [5, 5.41) is 3.23. The number of benzene rings is 2. The number of hydrogen-bond acceptors (Lipinski definition) is 8. The number of carbonyl (C=O) groups is 2. The lowest BCUT2D eigenvalue weighted by molar-refractivity contribution is -0.119. The van der Waals surface area contributed by atoms with E-state index in [1.165, 1.54) is 19.3 Å². The van der Waals surface area contributed by atoms with E-state index in [0.717, 1.165) is 41.1 Å². The van der Waals surface area contributed by atoms with E-state index in [-0.39, 0.29) is 5.91 Å². The van der Waals surface area contributed by atoms with Gasteiger partial charge in [0.1, 0.15) is 0 Å². The smallest absolute Gasteiger partial charge is 0.253 e. The largest absolute Gasteiger partial charge is 0.342 e. The molecule has 2 aliphatic rings. The molecule has 38 heavy (non-hydrogen) atoms. The molecule has 1 aliphatic carbocycles. The van der Waals surface area contributed by atoms with E-state index in [9.17, 15) is 9.59 Å². The second-order valence-electron chi connectivity index (χ2n) is 9.67. The summed E-state index contributed by atoms with van der Waals surface area (Å²) >= 11 is 1.60. The summed E-state index contributed by atoms with van der Waals surface area (Å²) in [4.78, 5) is 37.3. The minimum absolute atomic E-state index is 0.0292. The Balaban J connectivity index is 1.18. The van der Waals surface area contributed by atoms with Gasteiger partial charge in [-0.05, 0) is 67.3 Å². The van der Waals surface area contributed by atoms with Crippen LogP contribution in [0.4, 0.5) is 11.6 Å². The number of anilines is 2. The number of aromatic nitrogens is 2. The quantitative estimate of drug-likeness (QED) is 0.192. The van der Waals surface area contributed by atoms with Crippen molar-refractivity contribution in [2.24, 2.45) is 5.84 Å². The Morgan fingerprint density at radius 3 is 2.37 bits per heavy atom. The van der Waals surface area contributed by atoms with E-state index < -0.39 is 0 Å². The molecular formula is C28H33N7O2S. The predicted molar refractivity (Wildman–Crippen MR) is 149 cm³/mol. The van der Waals surface area contributed by atoms with E-state index in [2.05, 4.69) is 39.6 Å². The fourth-order valence-electron chi connectivity index (χ4n) is 4.84. The van der Waals surface area contributed by atoms with Crippen LogP contribution in [0.15, 0.2) is 65.7 Å². The highest BCUT2D eigenvalue weighted by Crippen LogP contribution is 2.30. The first-order valence-corrected chi connectivity index (χ1v) is 13.9. The van der Waals surface area contributed by atoms with Crippen molar-refractivity contribution in [2.75, 3.05) is 31.5 Å². The van der Waals surface area contributed by atoms with Gasteiger partial charge in [-0.3, -0.25) is 15.4 Å². The van der Waals surface area contributed by atoms with E-state index >= 15 is 0 Å². The second-order valence-corrected chi connectivity index (χ2v) is 10.7. The summed E-state index contributed by atoms with van der Waals surface area (Å²) in [5.74, 6) is 6.78. The fraction of sp³-hybridized carbons (Fsp3) is 0.357. The predicted octanol–water partition coefficient (Wildman–Crippen LogP) is 4.32. The number of carbonyl (C=O) groups excluding carboxylic acids is 2. The highest BCUT2D eigenvalue weighted by Gasteiger charge is 2.21. The van der Waals surface area contributed by atoms with Gasteiger partial charge in [0.25, 0.3) is 5.91 Å². The molecule has 5 rings (SSSR count). The molecule has 10 heteroatoms. The molecule has 0 atom stereocenters. The molecule has 3 aromatic rings. The zero-order chi connectivity index (χ0) is 26.3. The van der Waals surface area contributed by atoms with Crippen LogP contribution in [0.25, 0.3) is 11.3 Å². The van der Waals surface area contributed by atoms with E-state index in [4.69, 9.17) is 5.84 Å². The summed E-state index contributed by atoms with van der Waals surface area (Å²) in [5.41, 5.74) is 3.22. The van der Waals surface area contributed by atoms with Crippen molar-refractivity contribution in [3.63, 3.8) is 0 Å². The first-order chi connectivity index (χ1) is 18.6. The Morgan fingerprint density at radius 2 is 1.68 bits per heavy atom. The van der Waals surface area contributed by atoms with Gasteiger partial charge in [-0.2, -0.15) is 4.41 Å². The Bertz CT molecular complexity index is 1220. The van der Waals surface area contributed by atoms with Crippen molar-refractivity contribution >= 4 is 35.9 Å². The molecule has 198 valence electrons. The first-order valence-electron chi connectivity index (χ1n) is 13.1. The van der Waals surface area contributed by atoms with Crippen molar-refractivity contribution in [3.05, 3.63) is 66.4 Å². The lowest BCUT2D eigenvalue weighted by Gasteiger charge is -2.32. The summed E-state index contributed by atoms with van der Waals surface area (Å²) < 4.78 is 1.91. The van der Waals surface area contributed by atoms with E-state index in [1.807, 2.05) is 22.6 Å². The maximum absolute atomic E-state index is 12.8. The maximum atomic E-state index is 12.8. The Hall–Kier alpha value is -3.47. The van der Waals surface area contributed by atoms with Gasteiger partial charge < -0.3 is 15.1 Å². The molecule has 9 nitrogen and oxygen atoms in total. The molecule has 2 heterocycles. The van der Waals surface area contributed by atoms with Gasteiger partial charge in [0.15, 0.2) is 0 Å². The van der Waals surface area contributed by atoms with Crippen LogP contribution in [-0.4, -0.2) is 68.7 Å². The average Bonchev–Trinajstić information content (AvgIpc) is 2.98. The lowest BCUT2D eigenvalue weighted by atomic mass is 9.96. The molecule has 0 unspecified atom stereocenters. The topological polar surface area (TPSA) is 108 Å². The molecule has 2 fully saturated rings. The minimum Gasteiger partial charge on any atom is -0.342 e. The number of rotatable bonds is 8. The highest BCUT2D eigenvalue weighted by atomic mass is 32.2. The van der Waals surface area contributed by atoms with Gasteiger partial charge in [-0.1, -0.05) is 31.4 Å². The molecule has 2 amide bonds. The van der Waals surface area contributed by atoms with Gasteiger partial charge in [0, 0.05) is 60.1 Å². The fourth-order valence-corrected chi connectivity index (χ4v) is 5.70. The van der Waals surface area contributed by atoms with Crippen molar-refractivity contribution < 1.29 is 9.59 Å². The van der Waals surface area contributed by atoms with Gasteiger partial charge in [0.05, 0.1) is 5.69 Å². The number of hydrogen-bond donors (Lipinski definition) is 2. The molecule has 1 saturated carbocycles. The minimum atomic E-state index is -0.0292. The maximum Gasteiger partial charge on any atom is 0.253 e. The number of nitrogens with two attached hydrogens (primary N) is 1. The number of nitrogens with zero attached hydrogens (tertiary/aromatic N) is 5. The normalized spacial score (nSPS) is 16.5. The van der Waals surface area contributed by atoms with Gasteiger partial charge in [0.2, 0.25) is 12.4 Å². The van der Waals surface area contributed by atoms with E-state index in [0.29, 0.717) is 43.7 Å². The van der Waals surface area contributed by atoms with Crippen LogP contribution < -0.4 is 11.2 Å². The monoisotopic (exact) mass is 531 g/mol. The van der Waals surface area contributed by atoms with Crippen LogP contribution in [0, 0.1) is 0 Å². The van der Waals surface area contributed by atoms with Crippen LogP contribution in [0.3, 0.4) is 0 Å². The Labute approximate surface area is 227 Å². The van der Waals surface area contributed by atoms with Crippen LogP contribution >= 0.6 is 11.9 Å². The van der Waals surface area contributed by atoms with Crippen molar-refractivity contribution in [3.8, 4) is 11.3 Å². The number of nitrogens with one attached hydrogen (secondary N) is 1. The number of piperazine rings is 1. The highest BCUT2D eigenvalue weighted by molar-refractivity contribution is 7.97. The number of hydrazine groups is 1. The standard InChI is InChI=1S/C28H33N7O2S/c29-35(24-4-2-1-3-5-24)38-25-12-8-21(9-13-25)26-14-15-30-28(32-26)31-23-10-6-22(7-11-23)27(37)34-18-16-33(20-36)17-19-34/h6-15,20,24H,1-5,16-19,29H2,(H,30,31,32). The van der Waals surface area contributed by atoms with Gasteiger partial charge in [-0.15, -0.1) is 0 Å². The summed E-state index contributed by atoms with van der Waals surface area (Å²) in [7, 11) is 0. The van der Waals surface area contributed by atoms with Crippen molar-refractivity contribution in [2.45, 2.75) is 43.0 Å². The van der Waals surface area contributed by atoms with Crippen molar-refractivity contribution in [1.29, 1.82) is 0 Å². The molecule has 1 saturated heterocycles. The zero-order valence-electron chi connectivity index (χ0n) is 21.3. The Morgan fingerprint density at radius 1 is 0.974 bits per heavy atom. The third-order valence-corrected chi connectivity index (χ3v) is 8.08. The second kappa shape index (κ2) is 12.4. The molecule has 0 bridgehead atoms. The van der Waals surface area contributed by atoms with Gasteiger partial charge >= 0.3 is 0 Å². The van der Waals surface area contributed by atoms with Crippen LogP contribution in [0.1, 0.15) is 42.5 Å². The molecule has 1 aliphatic heterocycles. The van der Waals surface area contributed by atoms with Crippen LogP contribution in [0.5, 0.6) is 0 Å². The Kier molecular flexibility index (Phi) is 8.52. The zero-order valence-corrected chi connectivity index (χ0v) is 22.1. The third kappa shape index (κ3) is 6.50. The lowest BCUT2D eigenvalue weighted by Crippen LogP contribution is -2.48. The SMILES string of the molecule is NN(Sc1ccc(-c2ccnc(Nc3ccc(C(=O)N4CCN(C=O)CC4)cc3)n2)cc1)C1CCCCC1. The van der Waals surface area contributed by atoms with Crippen LogP contribution in [-0.2, 0) is 4.79 Å². The molecular weight excluding hydrogens is 498 g/mol. The molecule has 2 aromatic carbocycles.